The predicted octanol–water partition coefficient (Wildman–Crippen LogP) is 2.47. The summed E-state index contributed by atoms with van der Waals surface area (Å²) in [5.74, 6) is 0.185. The summed E-state index contributed by atoms with van der Waals surface area (Å²) in [6, 6.07) is 0.300. The molecule has 0 bridgehead atoms. The molecule has 12 heavy (non-hydrogen) atoms. The number of amides is 1. The lowest BCUT2D eigenvalue weighted by atomic mass is 10.2. The summed E-state index contributed by atoms with van der Waals surface area (Å²) in [4.78, 5) is 11.2. The highest BCUT2D eigenvalue weighted by Gasteiger charge is 2.04. The maximum atomic E-state index is 11.2. The van der Waals surface area contributed by atoms with Crippen molar-refractivity contribution in [2.45, 2.75) is 45.6 Å². The van der Waals surface area contributed by atoms with Crippen LogP contribution in [-0.4, -0.2) is 17.3 Å². The maximum Gasteiger partial charge on any atom is 0.220 e. The molecule has 1 amide bonds. The fraction of sp³-hybridized carbons (Fsp3) is 0.889. The zero-order valence-corrected chi connectivity index (χ0v) is 9.49. The molecule has 0 aromatic rings. The van der Waals surface area contributed by atoms with Crippen molar-refractivity contribution in [3.8, 4) is 0 Å². The summed E-state index contributed by atoms with van der Waals surface area (Å²) in [6.07, 6.45) is 3.74. The molecule has 0 fully saturated rings. The molecule has 0 spiro atoms. The van der Waals surface area contributed by atoms with Gasteiger partial charge in [0.2, 0.25) is 5.91 Å². The third kappa shape index (κ3) is 6.65. The molecule has 1 N–H and O–H groups in total. The molecule has 3 heteroatoms. The van der Waals surface area contributed by atoms with Crippen molar-refractivity contribution < 1.29 is 4.79 Å². The highest BCUT2D eigenvalue weighted by molar-refractivity contribution is 9.09. The van der Waals surface area contributed by atoms with Gasteiger partial charge in [-0.1, -0.05) is 29.3 Å². The number of nitrogens with one attached hydrogen (secondary N) is 1. The van der Waals surface area contributed by atoms with E-state index in [4.69, 9.17) is 0 Å². The summed E-state index contributed by atoms with van der Waals surface area (Å²) >= 11 is 3.34. The lowest BCUT2D eigenvalue weighted by Gasteiger charge is -2.11. The number of unbranched alkanes of at least 4 members (excludes halogenated alkanes) is 1. The molecule has 2 nitrogen and oxygen atoms in total. The van der Waals surface area contributed by atoms with Gasteiger partial charge in [-0.05, 0) is 19.8 Å². The molecular formula is C9H18BrNO. The summed E-state index contributed by atoms with van der Waals surface area (Å²) in [6.45, 7) is 4.13. The Morgan fingerprint density at radius 2 is 2.25 bits per heavy atom. The zero-order chi connectivity index (χ0) is 9.40. The second-order valence-corrected chi connectivity index (χ2v) is 3.84. The van der Waals surface area contributed by atoms with Gasteiger partial charge < -0.3 is 5.32 Å². The molecule has 0 saturated carbocycles. The van der Waals surface area contributed by atoms with Gasteiger partial charge in [0.25, 0.3) is 0 Å². The minimum absolute atomic E-state index is 0.185. The van der Waals surface area contributed by atoms with Crippen molar-refractivity contribution in [2.75, 3.05) is 5.33 Å². The fourth-order valence-electron chi connectivity index (χ4n) is 0.920. The van der Waals surface area contributed by atoms with E-state index in [2.05, 4.69) is 28.2 Å². The number of hydrogen-bond donors (Lipinski definition) is 1. The molecule has 0 aromatic carbocycles. The minimum atomic E-state index is 0.185. The van der Waals surface area contributed by atoms with Crippen LogP contribution >= 0.6 is 15.9 Å². The molecule has 0 aromatic heterocycles. The van der Waals surface area contributed by atoms with Crippen LogP contribution in [0.1, 0.15) is 39.5 Å². The number of rotatable bonds is 6. The average molecular weight is 236 g/mol. The van der Waals surface area contributed by atoms with E-state index in [-0.39, 0.29) is 5.91 Å². The maximum absolute atomic E-state index is 11.2. The van der Waals surface area contributed by atoms with Crippen LogP contribution in [0.25, 0.3) is 0 Å². The highest BCUT2D eigenvalue weighted by Crippen LogP contribution is 1.98. The van der Waals surface area contributed by atoms with Crippen LogP contribution in [0.15, 0.2) is 0 Å². The molecule has 0 aliphatic rings. The molecule has 0 radical (unpaired) electrons. The molecule has 0 heterocycles. The molecule has 1 atom stereocenters. The van der Waals surface area contributed by atoms with E-state index >= 15 is 0 Å². The van der Waals surface area contributed by atoms with Crippen molar-refractivity contribution in [1.82, 2.24) is 5.32 Å². The molecule has 0 saturated heterocycles. The summed E-state index contributed by atoms with van der Waals surface area (Å²) in [5, 5.41) is 3.89. The van der Waals surface area contributed by atoms with Gasteiger partial charge in [-0.3, -0.25) is 4.79 Å². The minimum Gasteiger partial charge on any atom is -0.354 e. The topological polar surface area (TPSA) is 29.1 Å². The smallest absolute Gasteiger partial charge is 0.220 e. The van der Waals surface area contributed by atoms with E-state index in [1.165, 1.54) is 0 Å². The molecule has 0 aliphatic heterocycles. The van der Waals surface area contributed by atoms with Crippen molar-refractivity contribution in [2.24, 2.45) is 0 Å². The standard InChI is InChI=1S/C9H18BrNO/c1-3-4-5-9(12)11-8(2)6-7-10/h8H,3-7H2,1-2H3,(H,11,12). The predicted molar refractivity (Wildman–Crippen MR) is 55.5 cm³/mol. The average Bonchev–Trinajstić information content (AvgIpc) is 2.01. The van der Waals surface area contributed by atoms with Gasteiger partial charge in [0.1, 0.15) is 0 Å². The van der Waals surface area contributed by atoms with Crippen LogP contribution in [-0.2, 0) is 4.79 Å². The molecular weight excluding hydrogens is 218 g/mol. The van der Waals surface area contributed by atoms with Crippen molar-refractivity contribution in [1.29, 1.82) is 0 Å². The Kier molecular flexibility index (Phi) is 7.56. The van der Waals surface area contributed by atoms with Crippen LogP contribution in [0.5, 0.6) is 0 Å². The number of alkyl halides is 1. The third-order valence-corrected chi connectivity index (χ3v) is 2.16. The Hall–Kier alpha value is -0.0500. The Labute approximate surface area is 83.2 Å². The van der Waals surface area contributed by atoms with Crippen molar-refractivity contribution in [3.63, 3.8) is 0 Å². The highest BCUT2D eigenvalue weighted by atomic mass is 79.9. The fourth-order valence-corrected chi connectivity index (χ4v) is 1.61. The number of halogens is 1. The first-order chi connectivity index (χ1) is 5.70. The van der Waals surface area contributed by atoms with Gasteiger partial charge in [0.15, 0.2) is 0 Å². The lowest BCUT2D eigenvalue weighted by Crippen LogP contribution is -2.32. The first-order valence-corrected chi connectivity index (χ1v) is 5.68. The Bertz CT molecular complexity index is 128. The van der Waals surface area contributed by atoms with Gasteiger partial charge >= 0.3 is 0 Å². The van der Waals surface area contributed by atoms with Gasteiger partial charge in [0.05, 0.1) is 0 Å². The second-order valence-electron chi connectivity index (χ2n) is 3.05. The molecule has 0 rings (SSSR count). The monoisotopic (exact) mass is 235 g/mol. The first-order valence-electron chi connectivity index (χ1n) is 4.56. The first kappa shape index (κ1) is 11.9. The number of hydrogen-bond acceptors (Lipinski definition) is 1. The Balaban J connectivity index is 3.40. The Morgan fingerprint density at radius 1 is 1.58 bits per heavy atom. The van der Waals surface area contributed by atoms with E-state index < -0.39 is 0 Å². The van der Waals surface area contributed by atoms with Crippen molar-refractivity contribution >= 4 is 21.8 Å². The Morgan fingerprint density at radius 3 is 2.75 bits per heavy atom. The van der Waals surface area contributed by atoms with Crippen molar-refractivity contribution in [3.05, 3.63) is 0 Å². The third-order valence-electron chi connectivity index (χ3n) is 1.71. The van der Waals surface area contributed by atoms with Gasteiger partial charge in [-0.15, -0.1) is 0 Å². The second kappa shape index (κ2) is 7.59. The lowest BCUT2D eigenvalue weighted by molar-refractivity contribution is -0.121. The van der Waals surface area contributed by atoms with Crippen LogP contribution in [0.2, 0.25) is 0 Å². The normalized spacial score (nSPS) is 12.6. The summed E-state index contributed by atoms with van der Waals surface area (Å²) < 4.78 is 0. The number of carbonyl (C=O) groups excluding carboxylic acids is 1. The van der Waals surface area contributed by atoms with Crippen LogP contribution in [0.3, 0.4) is 0 Å². The van der Waals surface area contributed by atoms with E-state index in [0.29, 0.717) is 12.5 Å². The van der Waals surface area contributed by atoms with Gasteiger partial charge in [-0.25, -0.2) is 0 Å². The summed E-state index contributed by atoms with van der Waals surface area (Å²) in [7, 11) is 0. The SMILES string of the molecule is CCCCC(=O)NC(C)CCBr. The van der Waals surface area contributed by atoms with E-state index in [0.717, 1.165) is 24.6 Å². The largest absolute Gasteiger partial charge is 0.354 e. The molecule has 0 aliphatic carbocycles. The summed E-state index contributed by atoms with van der Waals surface area (Å²) in [5.41, 5.74) is 0. The van der Waals surface area contributed by atoms with E-state index in [1.807, 2.05) is 6.92 Å². The van der Waals surface area contributed by atoms with E-state index in [1.54, 1.807) is 0 Å². The zero-order valence-electron chi connectivity index (χ0n) is 7.90. The van der Waals surface area contributed by atoms with Crippen LogP contribution < -0.4 is 5.32 Å². The van der Waals surface area contributed by atoms with Gasteiger partial charge in [0, 0.05) is 17.8 Å². The van der Waals surface area contributed by atoms with Crippen LogP contribution in [0.4, 0.5) is 0 Å². The van der Waals surface area contributed by atoms with Crippen LogP contribution in [0, 0.1) is 0 Å². The van der Waals surface area contributed by atoms with Gasteiger partial charge in [-0.2, -0.15) is 0 Å². The quantitative estimate of drug-likeness (QED) is 0.705. The number of carbonyl (C=O) groups is 1. The molecule has 1 unspecified atom stereocenters. The molecule has 72 valence electrons. The van der Waals surface area contributed by atoms with E-state index in [9.17, 15) is 4.79 Å².